The number of alkyl halides is 1. The molecule has 2 fully saturated rings. The summed E-state index contributed by atoms with van der Waals surface area (Å²) in [6.07, 6.45) is 4.32. The quantitative estimate of drug-likeness (QED) is 0.497. The average Bonchev–Trinajstić information content (AvgIpc) is 3.49. The second kappa shape index (κ2) is 11.0. The van der Waals surface area contributed by atoms with Crippen LogP contribution >= 0.6 is 0 Å². The SMILES string of the molecule is C=C(F)C(=O)N1CCN(c2nc(OC[C@@H]3C[C@@H](F)CN3C)nc3c2CC[C@@]2(CCc4ccccc42)C3)C[C@@H]1CC#N. The molecule has 0 radical (unpaired) electrons. The van der Waals surface area contributed by atoms with Gasteiger partial charge in [-0.2, -0.15) is 15.2 Å². The summed E-state index contributed by atoms with van der Waals surface area (Å²) in [6.45, 7) is 4.89. The summed E-state index contributed by atoms with van der Waals surface area (Å²) in [7, 11) is 1.90. The van der Waals surface area contributed by atoms with Gasteiger partial charge in [0.15, 0.2) is 5.83 Å². The minimum Gasteiger partial charge on any atom is -0.462 e. The lowest BCUT2D eigenvalue weighted by atomic mass is 9.69. The Balaban J connectivity index is 1.32. The second-order valence-electron chi connectivity index (χ2n) is 12.0. The number of likely N-dealkylation sites (N-methyl/N-ethyl adjacent to an activating group) is 1. The molecule has 0 unspecified atom stereocenters. The largest absolute Gasteiger partial charge is 0.462 e. The Morgan fingerprint density at radius 1 is 1.20 bits per heavy atom. The van der Waals surface area contributed by atoms with Crippen LogP contribution in [0, 0.1) is 11.3 Å². The number of aryl methyl sites for hydroxylation is 1. The highest BCUT2D eigenvalue weighted by Crippen LogP contribution is 2.48. The molecule has 1 amide bonds. The summed E-state index contributed by atoms with van der Waals surface area (Å²) >= 11 is 0. The maximum Gasteiger partial charge on any atom is 0.318 e. The fourth-order valence-corrected chi connectivity index (χ4v) is 7.33. The van der Waals surface area contributed by atoms with Crippen molar-refractivity contribution in [2.24, 2.45) is 0 Å². The van der Waals surface area contributed by atoms with Crippen molar-refractivity contribution in [1.29, 1.82) is 5.26 Å². The van der Waals surface area contributed by atoms with E-state index in [-0.39, 0.29) is 30.4 Å². The molecule has 41 heavy (non-hydrogen) atoms. The van der Waals surface area contributed by atoms with Crippen molar-refractivity contribution < 1.29 is 18.3 Å². The lowest BCUT2D eigenvalue weighted by molar-refractivity contribution is -0.131. The standard InChI is InChI=1S/C31H36F2N6O2/c1-20(32)29(40)39-14-13-38(18-23(39)9-12-34)28-25-8-11-31(10-7-21-5-3-4-6-26(21)31)16-27(25)35-30(36-28)41-19-24-15-22(33)17-37(24)2/h3-6,22-24H,1,7-11,13-19H2,2H3/t22-,23+,24+,31+/m1/s1. The van der Waals surface area contributed by atoms with E-state index in [9.17, 15) is 18.8 Å². The number of ether oxygens (including phenoxy) is 1. The summed E-state index contributed by atoms with van der Waals surface area (Å²) in [5.41, 5.74) is 4.86. The number of fused-ring (bicyclic) bond motifs is 3. The fourth-order valence-electron chi connectivity index (χ4n) is 7.33. The first-order valence-electron chi connectivity index (χ1n) is 14.5. The first-order valence-corrected chi connectivity index (χ1v) is 14.5. The van der Waals surface area contributed by atoms with E-state index in [1.807, 2.05) is 11.9 Å². The molecule has 2 aliphatic carbocycles. The minimum atomic E-state index is -1.02. The maximum atomic E-state index is 14.0. The summed E-state index contributed by atoms with van der Waals surface area (Å²) in [6, 6.07) is 10.5. The number of hydrogen-bond acceptors (Lipinski definition) is 7. The van der Waals surface area contributed by atoms with Gasteiger partial charge in [0.1, 0.15) is 18.6 Å². The van der Waals surface area contributed by atoms with Crippen LogP contribution in [-0.4, -0.2) is 83.8 Å². The normalized spacial score (nSPS) is 27.4. The van der Waals surface area contributed by atoms with E-state index in [4.69, 9.17) is 14.7 Å². The van der Waals surface area contributed by atoms with E-state index < -0.39 is 23.9 Å². The van der Waals surface area contributed by atoms with Crippen LogP contribution in [0.5, 0.6) is 6.01 Å². The van der Waals surface area contributed by atoms with Gasteiger partial charge in [0.25, 0.3) is 5.91 Å². The smallest absolute Gasteiger partial charge is 0.318 e. The molecule has 10 heteroatoms. The Morgan fingerprint density at radius 3 is 2.76 bits per heavy atom. The number of anilines is 1. The average molecular weight is 563 g/mol. The number of rotatable bonds is 6. The van der Waals surface area contributed by atoms with Crippen LogP contribution < -0.4 is 9.64 Å². The Labute approximate surface area is 239 Å². The number of carbonyl (C=O) groups excluding carboxylic acids is 1. The molecule has 3 heterocycles. The highest BCUT2D eigenvalue weighted by Gasteiger charge is 2.43. The number of piperazine rings is 1. The lowest BCUT2D eigenvalue weighted by Gasteiger charge is -2.42. The van der Waals surface area contributed by atoms with Crippen molar-refractivity contribution in [3.8, 4) is 12.1 Å². The molecule has 6 rings (SSSR count). The van der Waals surface area contributed by atoms with Gasteiger partial charge >= 0.3 is 6.01 Å². The predicted octanol–water partition coefficient (Wildman–Crippen LogP) is 3.68. The summed E-state index contributed by atoms with van der Waals surface area (Å²) in [5, 5.41) is 9.46. The van der Waals surface area contributed by atoms with Gasteiger partial charge < -0.3 is 14.5 Å². The third kappa shape index (κ3) is 5.16. The highest BCUT2D eigenvalue weighted by atomic mass is 19.1. The van der Waals surface area contributed by atoms with Gasteiger partial charge in [0, 0.05) is 43.2 Å². The molecule has 4 aliphatic rings. The molecule has 0 bridgehead atoms. The molecule has 2 saturated heterocycles. The molecule has 0 N–H and O–H groups in total. The lowest BCUT2D eigenvalue weighted by Crippen LogP contribution is -2.55. The van der Waals surface area contributed by atoms with Gasteiger partial charge in [0.05, 0.1) is 24.2 Å². The molecule has 8 nitrogen and oxygen atoms in total. The van der Waals surface area contributed by atoms with Crippen molar-refractivity contribution in [3.05, 3.63) is 59.1 Å². The van der Waals surface area contributed by atoms with E-state index in [2.05, 4.69) is 41.8 Å². The van der Waals surface area contributed by atoms with Crippen LogP contribution in [-0.2, 0) is 29.5 Å². The van der Waals surface area contributed by atoms with Crippen LogP contribution in [0.15, 0.2) is 36.7 Å². The number of likely N-dealkylation sites (tertiary alicyclic amines) is 1. The number of amides is 1. The van der Waals surface area contributed by atoms with Gasteiger partial charge in [-0.3, -0.25) is 9.69 Å². The zero-order valence-electron chi connectivity index (χ0n) is 23.5. The highest BCUT2D eigenvalue weighted by molar-refractivity contribution is 5.91. The first kappa shape index (κ1) is 27.6. The number of carbonyl (C=O) groups is 1. The third-order valence-corrected chi connectivity index (χ3v) is 9.52. The maximum absolute atomic E-state index is 14.0. The topological polar surface area (TPSA) is 85.6 Å². The number of halogens is 2. The zero-order chi connectivity index (χ0) is 28.7. The molecule has 0 saturated carbocycles. The van der Waals surface area contributed by atoms with Crippen molar-refractivity contribution in [3.63, 3.8) is 0 Å². The van der Waals surface area contributed by atoms with Crippen LogP contribution in [0.25, 0.3) is 0 Å². The van der Waals surface area contributed by atoms with Gasteiger partial charge in [-0.25, -0.2) is 8.78 Å². The number of nitrogens with zero attached hydrogens (tertiary/aromatic N) is 6. The molecule has 1 aromatic carbocycles. The summed E-state index contributed by atoms with van der Waals surface area (Å²) in [4.78, 5) is 27.7. The Hall–Kier alpha value is -3.58. The van der Waals surface area contributed by atoms with Crippen LogP contribution in [0.1, 0.15) is 48.1 Å². The number of aromatic nitrogens is 2. The molecule has 2 aliphatic heterocycles. The van der Waals surface area contributed by atoms with E-state index >= 15 is 0 Å². The Bertz CT molecular complexity index is 1400. The molecule has 4 atom stereocenters. The van der Waals surface area contributed by atoms with Crippen molar-refractivity contribution in [1.82, 2.24) is 19.8 Å². The molecule has 1 aromatic heterocycles. The van der Waals surface area contributed by atoms with E-state index in [1.165, 1.54) is 16.0 Å². The van der Waals surface area contributed by atoms with Crippen molar-refractivity contribution in [2.75, 3.05) is 44.7 Å². The summed E-state index contributed by atoms with van der Waals surface area (Å²) < 4.78 is 33.9. The van der Waals surface area contributed by atoms with Gasteiger partial charge in [-0.15, -0.1) is 0 Å². The predicted molar refractivity (Wildman–Crippen MR) is 150 cm³/mol. The molecular weight excluding hydrogens is 526 g/mol. The first-order chi connectivity index (χ1) is 19.8. The van der Waals surface area contributed by atoms with Gasteiger partial charge in [-0.1, -0.05) is 30.8 Å². The molecule has 1 spiro atoms. The van der Waals surface area contributed by atoms with Gasteiger partial charge in [-0.05, 0) is 56.7 Å². The van der Waals surface area contributed by atoms with E-state index in [1.54, 1.807) is 0 Å². The van der Waals surface area contributed by atoms with Crippen molar-refractivity contribution >= 4 is 11.7 Å². The number of benzene rings is 1. The second-order valence-corrected chi connectivity index (χ2v) is 12.0. The summed E-state index contributed by atoms with van der Waals surface area (Å²) in [5.74, 6) is -1.04. The van der Waals surface area contributed by atoms with Crippen LogP contribution in [0.3, 0.4) is 0 Å². The third-order valence-electron chi connectivity index (χ3n) is 9.52. The van der Waals surface area contributed by atoms with Gasteiger partial charge in [0.2, 0.25) is 0 Å². The number of nitriles is 1. The number of hydrogen-bond donors (Lipinski definition) is 0. The van der Waals surface area contributed by atoms with E-state index in [0.29, 0.717) is 32.7 Å². The van der Waals surface area contributed by atoms with Crippen LogP contribution in [0.4, 0.5) is 14.6 Å². The Morgan fingerprint density at radius 2 is 2.00 bits per heavy atom. The monoisotopic (exact) mass is 562 g/mol. The molecule has 216 valence electrons. The fraction of sp³-hybridized carbons (Fsp3) is 0.548. The molecule has 2 aromatic rings. The minimum absolute atomic E-state index is 0.0234. The van der Waals surface area contributed by atoms with Crippen LogP contribution in [0.2, 0.25) is 0 Å². The zero-order valence-corrected chi connectivity index (χ0v) is 23.5. The Kier molecular flexibility index (Phi) is 7.41. The van der Waals surface area contributed by atoms with Crippen molar-refractivity contribution in [2.45, 2.75) is 68.6 Å². The molecular formula is C31H36F2N6O2. The van der Waals surface area contributed by atoms with E-state index in [0.717, 1.165) is 49.2 Å².